The number of carbonyl (C=O) groups excluding carboxylic acids is 2. The molecule has 8 nitrogen and oxygen atoms in total. The molecule has 0 spiro atoms. The molecule has 0 aliphatic carbocycles. The molecule has 0 aliphatic rings. The molecule has 0 heterocycles. The molecule has 1 N–H and O–H groups in total. The molecule has 0 saturated heterocycles. The van der Waals surface area contributed by atoms with Crippen LogP contribution < -0.4 is 14.4 Å². The van der Waals surface area contributed by atoms with Gasteiger partial charge in [-0.25, -0.2) is 8.42 Å². The number of methoxy groups -OCH3 is 1. The minimum atomic E-state index is -4.13. The van der Waals surface area contributed by atoms with Gasteiger partial charge < -0.3 is 15.0 Å². The fraction of sp³-hybridized carbons (Fsp3) is 0.310. The number of halogens is 1. The van der Waals surface area contributed by atoms with Crippen molar-refractivity contribution in [1.29, 1.82) is 0 Å². The number of rotatable bonds is 12. The highest BCUT2D eigenvalue weighted by molar-refractivity contribution is 7.92. The van der Waals surface area contributed by atoms with E-state index in [1.165, 1.54) is 17.0 Å². The Bertz CT molecular complexity index is 1370. The molecule has 3 rings (SSSR count). The summed E-state index contributed by atoms with van der Waals surface area (Å²) in [6.07, 6.45) is 0.724. The molecule has 0 unspecified atom stereocenters. The van der Waals surface area contributed by atoms with Gasteiger partial charge in [0.05, 0.1) is 17.7 Å². The van der Waals surface area contributed by atoms with Crippen molar-refractivity contribution in [2.75, 3.05) is 18.0 Å². The molecular formula is C29H34ClN3O5S. The number of amides is 2. The average Bonchev–Trinajstić information content (AvgIpc) is 2.95. The maximum Gasteiger partial charge on any atom is 0.264 e. The number of carbonyl (C=O) groups is 2. The number of nitrogens with zero attached hydrogens (tertiary/aromatic N) is 2. The summed E-state index contributed by atoms with van der Waals surface area (Å²) < 4.78 is 33.8. The predicted molar refractivity (Wildman–Crippen MR) is 153 cm³/mol. The van der Waals surface area contributed by atoms with Gasteiger partial charge in [-0.3, -0.25) is 13.9 Å². The standard InChI is InChI=1S/C29H34ClN3O5S/c1-5-21(2)31-29(35)22(3)32(19-23-10-9-11-26(18-23)38-4)28(34)20-33(25-16-14-24(30)15-17-25)39(36,37)27-12-7-6-8-13-27/h6-18,21-22H,5,19-20H2,1-4H3,(H,31,35)/t21-,22-/m0/s1. The van der Waals surface area contributed by atoms with Crippen molar-refractivity contribution in [3.05, 3.63) is 89.4 Å². The van der Waals surface area contributed by atoms with E-state index in [-0.39, 0.29) is 29.1 Å². The smallest absolute Gasteiger partial charge is 0.264 e. The van der Waals surface area contributed by atoms with Gasteiger partial charge >= 0.3 is 0 Å². The summed E-state index contributed by atoms with van der Waals surface area (Å²) in [5.74, 6) is -0.269. The van der Waals surface area contributed by atoms with Gasteiger partial charge in [0.2, 0.25) is 11.8 Å². The highest BCUT2D eigenvalue weighted by Gasteiger charge is 2.32. The van der Waals surface area contributed by atoms with Gasteiger partial charge in [0.25, 0.3) is 10.0 Å². The van der Waals surface area contributed by atoms with Gasteiger partial charge in [0.15, 0.2) is 0 Å². The van der Waals surface area contributed by atoms with Gasteiger partial charge in [-0.05, 0) is 74.4 Å². The zero-order chi connectivity index (χ0) is 28.6. The normalized spacial score (nSPS) is 12.7. The van der Waals surface area contributed by atoms with Crippen LogP contribution in [0.1, 0.15) is 32.8 Å². The van der Waals surface area contributed by atoms with Crippen molar-refractivity contribution in [1.82, 2.24) is 10.2 Å². The first-order chi connectivity index (χ1) is 18.6. The molecule has 0 saturated carbocycles. The van der Waals surface area contributed by atoms with Crippen molar-refractivity contribution in [3.63, 3.8) is 0 Å². The van der Waals surface area contributed by atoms with Gasteiger partial charge in [0, 0.05) is 17.6 Å². The minimum absolute atomic E-state index is 0.0367. The Morgan fingerprint density at radius 2 is 1.64 bits per heavy atom. The summed E-state index contributed by atoms with van der Waals surface area (Å²) in [6, 6.07) is 20.3. The number of hydrogen-bond acceptors (Lipinski definition) is 5. The van der Waals surface area contributed by atoms with Gasteiger partial charge in [-0.2, -0.15) is 0 Å². The average molecular weight is 572 g/mol. The lowest BCUT2D eigenvalue weighted by atomic mass is 10.1. The number of hydrogen-bond donors (Lipinski definition) is 1. The predicted octanol–water partition coefficient (Wildman–Crippen LogP) is 4.88. The molecule has 0 bridgehead atoms. The Hall–Kier alpha value is -3.56. The number of ether oxygens (including phenoxy) is 1. The Morgan fingerprint density at radius 3 is 2.26 bits per heavy atom. The van der Waals surface area contributed by atoms with Crippen LogP contribution in [-0.4, -0.2) is 50.9 Å². The third kappa shape index (κ3) is 7.74. The van der Waals surface area contributed by atoms with Gasteiger partial charge in [-0.15, -0.1) is 0 Å². The summed E-state index contributed by atoms with van der Waals surface area (Å²) in [4.78, 5) is 28.4. The molecule has 0 aliphatic heterocycles. The van der Waals surface area contributed by atoms with Crippen LogP contribution in [0.5, 0.6) is 5.75 Å². The molecule has 2 amide bonds. The SMILES string of the molecule is CC[C@H](C)NC(=O)[C@H](C)N(Cc1cccc(OC)c1)C(=O)CN(c1ccc(Cl)cc1)S(=O)(=O)c1ccccc1. The lowest BCUT2D eigenvalue weighted by molar-refractivity contribution is -0.139. The molecule has 208 valence electrons. The Morgan fingerprint density at radius 1 is 0.974 bits per heavy atom. The number of anilines is 1. The van der Waals surface area contributed by atoms with Crippen LogP contribution in [0.2, 0.25) is 5.02 Å². The Balaban J connectivity index is 2.01. The topological polar surface area (TPSA) is 96.0 Å². The second-order valence-corrected chi connectivity index (χ2v) is 11.5. The third-order valence-corrected chi connectivity index (χ3v) is 8.42. The molecular weight excluding hydrogens is 538 g/mol. The first-order valence-corrected chi connectivity index (χ1v) is 14.4. The first-order valence-electron chi connectivity index (χ1n) is 12.6. The van der Waals surface area contributed by atoms with Crippen molar-refractivity contribution in [2.24, 2.45) is 0 Å². The van der Waals surface area contributed by atoms with Crippen molar-refractivity contribution in [2.45, 2.75) is 50.7 Å². The van der Waals surface area contributed by atoms with Crippen LogP contribution in [0.4, 0.5) is 5.69 Å². The Labute approximate surface area is 235 Å². The molecule has 3 aromatic carbocycles. The van der Waals surface area contributed by atoms with E-state index in [0.29, 0.717) is 10.8 Å². The first kappa shape index (κ1) is 30.0. The molecule has 0 aromatic heterocycles. The Kier molecular flexibility index (Phi) is 10.4. The molecule has 0 radical (unpaired) electrons. The van der Waals surface area contributed by atoms with E-state index in [9.17, 15) is 18.0 Å². The number of nitrogens with one attached hydrogen (secondary N) is 1. The fourth-order valence-electron chi connectivity index (χ4n) is 3.87. The van der Waals surface area contributed by atoms with Crippen LogP contribution in [0.15, 0.2) is 83.8 Å². The summed E-state index contributed by atoms with van der Waals surface area (Å²) in [6.45, 7) is 5.02. The third-order valence-electron chi connectivity index (χ3n) is 6.38. The molecule has 2 atom stereocenters. The van der Waals surface area contributed by atoms with Crippen LogP contribution in [0.3, 0.4) is 0 Å². The molecule has 10 heteroatoms. The summed E-state index contributed by atoms with van der Waals surface area (Å²) >= 11 is 6.05. The monoisotopic (exact) mass is 571 g/mol. The molecule has 3 aromatic rings. The maximum atomic E-state index is 13.9. The van der Waals surface area contributed by atoms with Crippen molar-refractivity contribution in [3.8, 4) is 5.75 Å². The van der Waals surface area contributed by atoms with Crippen LogP contribution in [0, 0.1) is 0 Å². The second-order valence-electron chi connectivity index (χ2n) is 9.17. The highest BCUT2D eigenvalue weighted by atomic mass is 35.5. The highest BCUT2D eigenvalue weighted by Crippen LogP contribution is 2.26. The van der Waals surface area contributed by atoms with E-state index < -0.39 is 28.5 Å². The summed E-state index contributed by atoms with van der Waals surface area (Å²) in [7, 11) is -2.58. The van der Waals surface area contributed by atoms with E-state index in [2.05, 4.69) is 5.32 Å². The van der Waals surface area contributed by atoms with Crippen molar-refractivity contribution >= 4 is 39.1 Å². The van der Waals surface area contributed by atoms with Gasteiger partial charge in [0.1, 0.15) is 18.3 Å². The minimum Gasteiger partial charge on any atom is -0.497 e. The number of sulfonamides is 1. The largest absolute Gasteiger partial charge is 0.497 e. The van der Waals surface area contributed by atoms with E-state index in [0.717, 1.165) is 16.3 Å². The van der Waals surface area contributed by atoms with Crippen LogP contribution >= 0.6 is 11.6 Å². The quantitative estimate of drug-likeness (QED) is 0.334. The van der Waals surface area contributed by atoms with E-state index in [1.54, 1.807) is 74.7 Å². The molecule has 39 heavy (non-hydrogen) atoms. The van der Waals surface area contributed by atoms with Crippen molar-refractivity contribution < 1.29 is 22.7 Å². The zero-order valence-corrected chi connectivity index (χ0v) is 24.1. The van der Waals surface area contributed by atoms with E-state index >= 15 is 0 Å². The lowest BCUT2D eigenvalue weighted by Crippen LogP contribution is -2.52. The summed E-state index contributed by atoms with van der Waals surface area (Å²) in [5.41, 5.74) is 1.00. The second kappa shape index (κ2) is 13.5. The maximum absolute atomic E-state index is 13.9. The fourth-order valence-corrected chi connectivity index (χ4v) is 5.43. The number of benzene rings is 3. The van der Waals surface area contributed by atoms with E-state index in [4.69, 9.17) is 16.3 Å². The van der Waals surface area contributed by atoms with Crippen LogP contribution in [-0.2, 0) is 26.2 Å². The van der Waals surface area contributed by atoms with Crippen LogP contribution in [0.25, 0.3) is 0 Å². The summed E-state index contributed by atoms with van der Waals surface area (Å²) in [5, 5.41) is 3.34. The van der Waals surface area contributed by atoms with E-state index in [1.807, 2.05) is 19.9 Å². The molecule has 0 fully saturated rings. The van der Waals surface area contributed by atoms with Gasteiger partial charge in [-0.1, -0.05) is 48.9 Å². The lowest BCUT2D eigenvalue weighted by Gasteiger charge is -2.32. The zero-order valence-electron chi connectivity index (χ0n) is 22.5.